The van der Waals surface area contributed by atoms with Crippen LogP contribution in [0.2, 0.25) is 10.0 Å². The molecule has 0 spiro atoms. The highest BCUT2D eigenvalue weighted by Gasteiger charge is 2.35. The van der Waals surface area contributed by atoms with E-state index in [1.54, 1.807) is 34.1 Å². The zero-order valence-electron chi connectivity index (χ0n) is 16.0. The van der Waals surface area contributed by atoms with E-state index in [1.165, 1.54) is 19.3 Å². The van der Waals surface area contributed by atoms with Crippen molar-refractivity contribution in [2.75, 3.05) is 31.6 Å². The third-order valence-electron chi connectivity index (χ3n) is 4.86. The molecule has 3 rings (SSSR count). The SMILES string of the molecule is CNC(=O)CC(=O)N1CCN(c2ncc(Cl)cc2[N+](=O)[O-])C(c2ccc(Cl)cc2)C1. The minimum Gasteiger partial charge on any atom is -0.359 e. The van der Waals surface area contributed by atoms with Crippen molar-refractivity contribution in [1.29, 1.82) is 0 Å². The number of rotatable bonds is 5. The topological polar surface area (TPSA) is 109 Å². The lowest BCUT2D eigenvalue weighted by Gasteiger charge is -2.42. The van der Waals surface area contributed by atoms with E-state index in [2.05, 4.69) is 10.3 Å². The van der Waals surface area contributed by atoms with Crippen molar-refractivity contribution in [2.45, 2.75) is 12.5 Å². The lowest BCUT2D eigenvalue weighted by Crippen LogP contribution is -2.51. The fourth-order valence-electron chi connectivity index (χ4n) is 3.35. The summed E-state index contributed by atoms with van der Waals surface area (Å²) in [7, 11) is 1.47. The molecule has 0 bridgehead atoms. The van der Waals surface area contributed by atoms with Gasteiger partial charge in [-0.1, -0.05) is 35.3 Å². The summed E-state index contributed by atoms with van der Waals surface area (Å²) in [5.74, 6) is -0.519. The molecule has 9 nitrogen and oxygen atoms in total. The van der Waals surface area contributed by atoms with Crippen molar-refractivity contribution < 1.29 is 14.5 Å². The molecule has 0 saturated carbocycles. The number of carbonyl (C=O) groups is 2. The Morgan fingerprint density at radius 2 is 1.93 bits per heavy atom. The Bertz CT molecular complexity index is 970. The van der Waals surface area contributed by atoms with Gasteiger partial charge in [-0.2, -0.15) is 0 Å². The Kier molecular flexibility index (Phi) is 6.73. The quantitative estimate of drug-likeness (QED) is 0.425. The van der Waals surface area contributed by atoms with Gasteiger partial charge in [0, 0.05) is 44.0 Å². The summed E-state index contributed by atoms with van der Waals surface area (Å²) < 4.78 is 0. The Morgan fingerprint density at radius 1 is 1.23 bits per heavy atom. The maximum absolute atomic E-state index is 12.5. The van der Waals surface area contributed by atoms with Crippen LogP contribution in [0.15, 0.2) is 36.5 Å². The summed E-state index contributed by atoms with van der Waals surface area (Å²) >= 11 is 11.9. The predicted molar refractivity (Wildman–Crippen MR) is 113 cm³/mol. The van der Waals surface area contributed by atoms with E-state index in [1.807, 2.05) is 0 Å². The average molecular weight is 452 g/mol. The summed E-state index contributed by atoms with van der Waals surface area (Å²) in [6.07, 6.45) is 1.09. The molecular weight excluding hydrogens is 433 g/mol. The summed E-state index contributed by atoms with van der Waals surface area (Å²) in [5.41, 5.74) is 0.592. The molecule has 1 N–H and O–H groups in total. The van der Waals surface area contributed by atoms with Gasteiger partial charge in [0.05, 0.1) is 16.0 Å². The zero-order valence-corrected chi connectivity index (χ0v) is 17.6. The lowest BCUT2D eigenvalue weighted by molar-refractivity contribution is -0.384. The lowest BCUT2D eigenvalue weighted by atomic mass is 10.0. The third kappa shape index (κ3) is 4.80. The van der Waals surface area contributed by atoms with Crippen LogP contribution in [0.5, 0.6) is 0 Å². The highest BCUT2D eigenvalue weighted by Crippen LogP contribution is 2.36. The van der Waals surface area contributed by atoms with Crippen LogP contribution < -0.4 is 10.2 Å². The van der Waals surface area contributed by atoms with Gasteiger partial charge in [0.25, 0.3) is 0 Å². The Morgan fingerprint density at radius 3 is 2.57 bits per heavy atom. The first-order valence-electron chi connectivity index (χ1n) is 9.10. The van der Waals surface area contributed by atoms with Crippen LogP contribution in [0, 0.1) is 10.1 Å². The Labute approximate surface area is 182 Å². The molecule has 30 heavy (non-hydrogen) atoms. The first kappa shape index (κ1) is 21.8. The minimum absolute atomic E-state index is 0.160. The van der Waals surface area contributed by atoms with Gasteiger partial charge >= 0.3 is 5.69 Å². The second-order valence-electron chi connectivity index (χ2n) is 6.70. The highest BCUT2D eigenvalue weighted by atomic mass is 35.5. The van der Waals surface area contributed by atoms with Crippen LogP contribution in [0.1, 0.15) is 18.0 Å². The Hall–Kier alpha value is -2.91. The van der Waals surface area contributed by atoms with Crippen LogP contribution >= 0.6 is 23.2 Å². The molecule has 2 aromatic rings. The molecular formula is C19H19Cl2N5O4. The molecule has 158 valence electrons. The number of carbonyl (C=O) groups excluding carboxylic acids is 2. The number of nitro groups is 1. The van der Waals surface area contributed by atoms with Crippen molar-refractivity contribution in [2.24, 2.45) is 0 Å². The molecule has 0 radical (unpaired) electrons. The molecule has 1 aliphatic heterocycles. The van der Waals surface area contributed by atoms with Gasteiger partial charge < -0.3 is 15.1 Å². The number of aromatic nitrogens is 1. The highest BCUT2D eigenvalue weighted by molar-refractivity contribution is 6.31. The van der Waals surface area contributed by atoms with E-state index >= 15 is 0 Å². The largest absolute Gasteiger partial charge is 0.359 e. The van der Waals surface area contributed by atoms with Crippen molar-refractivity contribution in [3.63, 3.8) is 0 Å². The number of halogens is 2. The normalized spacial score (nSPS) is 16.3. The monoisotopic (exact) mass is 451 g/mol. The van der Waals surface area contributed by atoms with Crippen LogP contribution in [0.25, 0.3) is 0 Å². The van der Waals surface area contributed by atoms with Gasteiger partial charge in [0.1, 0.15) is 6.42 Å². The fraction of sp³-hybridized carbons (Fsp3) is 0.316. The number of nitrogens with one attached hydrogen (secondary N) is 1. The molecule has 11 heteroatoms. The standard InChI is InChI=1S/C19H19Cl2N5O4/c1-22-17(27)9-18(28)24-6-7-25(16(11-24)12-2-4-13(20)5-3-12)19-15(26(29)30)8-14(21)10-23-19/h2-5,8,10,16H,6-7,9,11H2,1H3,(H,22,27). The number of anilines is 1. The predicted octanol–water partition coefficient (Wildman–Crippen LogP) is 2.82. The molecule has 1 unspecified atom stereocenters. The number of piperazine rings is 1. The molecule has 1 saturated heterocycles. The molecule has 1 aliphatic rings. The molecule has 0 aliphatic carbocycles. The van der Waals surface area contributed by atoms with E-state index in [0.717, 1.165) is 5.56 Å². The Balaban J connectivity index is 1.97. The number of nitrogens with zero attached hydrogens (tertiary/aromatic N) is 4. The maximum Gasteiger partial charge on any atom is 0.313 e. The van der Waals surface area contributed by atoms with E-state index in [-0.39, 0.29) is 41.3 Å². The summed E-state index contributed by atoms with van der Waals surface area (Å²) in [5, 5.41) is 14.7. The molecule has 2 amide bonds. The third-order valence-corrected chi connectivity index (χ3v) is 5.32. The fourth-order valence-corrected chi connectivity index (χ4v) is 3.63. The van der Waals surface area contributed by atoms with Crippen molar-refractivity contribution in [3.8, 4) is 0 Å². The number of amides is 2. The smallest absolute Gasteiger partial charge is 0.313 e. The number of benzene rings is 1. The first-order valence-corrected chi connectivity index (χ1v) is 9.86. The molecule has 1 aromatic carbocycles. The zero-order chi connectivity index (χ0) is 21.8. The van der Waals surface area contributed by atoms with Crippen molar-refractivity contribution in [1.82, 2.24) is 15.2 Å². The minimum atomic E-state index is -0.532. The van der Waals surface area contributed by atoms with E-state index in [4.69, 9.17) is 23.2 Å². The van der Waals surface area contributed by atoms with Gasteiger partial charge in [0.15, 0.2) is 0 Å². The number of hydrogen-bond donors (Lipinski definition) is 1. The van der Waals surface area contributed by atoms with Crippen molar-refractivity contribution in [3.05, 3.63) is 62.3 Å². The van der Waals surface area contributed by atoms with Gasteiger partial charge in [-0.05, 0) is 17.7 Å². The average Bonchev–Trinajstić information content (AvgIpc) is 2.73. The molecule has 1 atom stereocenters. The summed E-state index contributed by atoms with van der Waals surface area (Å²) in [6.45, 7) is 0.822. The summed E-state index contributed by atoms with van der Waals surface area (Å²) in [6, 6.07) is 7.86. The van der Waals surface area contributed by atoms with Gasteiger partial charge in [-0.15, -0.1) is 0 Å². The van der Waals surface area contributed by atoms with Gasteiger partial charge in [-0.3, -0.25) is 19.7 Å². The maximum atomic E-state index is 12.5. The van der Waals surface area contributed by atoms with Crippen LogP contribution in [0.3, 0.4) is 0 Å². The first-order chi connectivity index (χ1) is 14.3. The van der Waals surface area contributed by atoms with Gasteiger partial charge in [0.2, 0.25) is 17.6 Å². The van der Waals surface area contributed by atoms with Gasteiger partial charge in [-0.25, -0.2) is 4.98 Å². The second kappa shape index (κ2) is 9.27. The van der Waals surface area contributed by atoms with E-state index in [9.17, 15) is 19.7 Å². The van der Waals surface area contributed by atoms with Crippen molar-refractivity contribution >= 4 is 46.5 Å². The molecule has 1 fully saturated rings. The van der Waals surface area contributed by atoms with E-state index in [0.29, 0.717) is 18.1 Å². The number of pyridine rings is 1. The number of hydrogen-bond acceptors (Lipinski definition) is 6. The van der Waals surface area contributed by atoms with Crippen LogP contribution in [-0.2, 0) is 9.59 Å². The van der Waals surface area contributed by atoms with E-state index < -0.39 is 11.0 Å². The molecule has 2 heterocycles. The molecule has 1 aromatic heterocycles. The second-order valence-corrected chi connectivity index (χ2v) is 7.58. The summed E-state index contributed by atoms with van der Waals surface area (Å²) in [4.78, 5) is 42.8. The van der Waals surface area contributed by atoms with Crippen LogP contribution in [0.4, 0.5) is 11.5 Å². The van der Waals surface area contributed by atoms with Crippen LogP contribution in [-0.4, -0.2) is 53.3 Å².